The molecule has 1 aliphatic carbocycles. The number of carbonyl (C=O) groups is 1. The summed E-state index contributed by atoms with van der Waals surface area (Å²) in [4.78, 5) is 29.7. The monoisotopic (exact) mass is 545 g/mol. The first-order valence-corrected chi connectivity index (χ1v) is 13.9. The van der Waals surface area contributed by atoms with E-state index in [9.17, 15) is 9.18 Å². The number of halogens is 1. The van der Waals surface area contributed by atoms with Crippen molar-refractivity contribution in [1.82, 2.24) is 30.1 Å². The molecule has 7 rings (SSSR count). The highest BCUT2D eigenvalue weighted by molar-refractivity contribution is 6.00. The van der Waals surface area contributed by atoms with E-state index in [4.69, 9.17) is 4.98 Å². The number of amides is 1. The fourth-order valence-corrected chi connectivity index (χ4v) is 5.83. The minimum absolute atomic E-state index is 0.0299. The Labute approximate surface area is 235 Å². The molecule has 41 heavy (non-hydrogen) atoms. The Hall–Kier alpha value is -4.92. The number of aromatic amines is 2. The average Bonchev–Trinajstić information content (AvgIpc) is 3.61. The molecule has 1 aliphatic rings. The van der Waals surface area contributed by atoms with E-state index in [0.29, 0.717) is 34.9 Å². The van der Waals surface area contributed by atoms with Crippen LogP contribution >= 0.6 is 0 Å². The standard InChI is InChI=1S/C32H28FN7O/c33-22-8-4-7-20(12-22)25-17-35-18-29-24(25)14-28(37-29)32-31-27(39-40-32)10-9-26(38-31)21-13-23(16-34-15-21)36-30(41)11-19-5-2-1-3-6-19/h4,7-10,12-19,37H,1-3,5-6,11H2,(H,36,41)(H,39,40). The highest BCUT2D eigenvalue weighted by atomic mass is 19.1. The minimum atomic E-state index is -0.298. The van der Waals surface area contributed by atoms with Crippen molar-refractivity contribution in [2.45, 2.75) is 38.5 Å². The van der Waals surface area contributed by atoms with Gasteiger partial charge in [-0.05, 0) is 60.7 Å². The van der Waals surface area contributed by atoms with Gasteiger partial charge >= 0.3 is 0 Å². The third kappa shape index (κ3) is 5.06. The summed E-state index contributed by atoms with van der Waals surface area (Å²) in [6.07, 6.45) is 13.4. The van der Waals surface area contributed by atoms with Gasteiger partial charge in [-0.15, -0.1) is 0 Å². The van der Waals surface area contributed by atoms with E-state index in [1.54, 1.807) is 30.9 Å². The van der Waals surface area contributed by atoms with Crippen molar-refractivity contribution >= 4 is 33.5 Å². The number of aromatic nitrogens is 6. The van der Waals surface area contributed by atoms with Gasteiger partial charge in [0.2, 0.25) is 5.91 Å². The van der Waals surface area contributed by atoms with E-state index < -0.39 is 0 Å². The summed E-state index contributed by atoms with van der Waals surface area (Å²) in [7, 11) is 0. The second-order valence-corrected chi connectivity index (χ2v) is 10.7. The Morgan fingerprint density at radius 3 is 2.68 bits per heavy atom. The molecule has 8 nitrogen and oxygen atoms in total. The van der Waals surface area contributed by atoms with Gasteiger partial charge in [-0.25, -0.2) is 9.37 Å². The molecule has 3 N–H and O–H groups in total. The molecule has 0 bridgehead atoms. The van der Waals surface area contributed by atoms with Crippen molar-refractivity contribution in [3.63, 3.8) is 0 Å². The molecule has 0 spiro atoms. The summed E-state index contributed by atoms with van der Waals surface area (Å²) in [5.41, 5.74) is 7.47. The number of anilines is 1. The van der Waals surface area contributed by atoms with E-state index in [1.165, 1.54) is 31.4 Å². The van der Waals surface area contributed by atoms with Crippen molar-refractivity contribution in [1.29, 1.82) is 0 Å². The predicted octanol–water partition coefficient (Wildman–Crippen LogP) is 7.28. The van der Waals surface area contributed by atoms with Gasteiger partial charge in [0.15, 0.2) is 0 Å². The first-order chi connectivity index (χ1) is 20.1. The maximum absolute atomic E-state index is 13.9. The molecule has 0 atom stereocenters. The molecule has 1 amide bonds. The number of nitrogens with one attached hydrogen (secondary N) is 3. The van der Waals surface area contributed by atoms with Crippen LogP contribution in [-0.2, 0) is 4.79 Å². The van der Waals surface area contributed by atoms with Crippen molar-refractivity contribution in [2.24, 2.45) is 5.92 Å². The van der Waals surface area contributed by atoms with Gasteiger partial charge in [0.25, 0.3) is 0 Å². The number of nitrogens with zero attached hydrogens (tertiary/aromatic N) is 4. The second kappa shape index (κ2) is 10.6. The topological polar surface area (TPSA) is 112 Å². The highest BCUT2D eigenvalue weighted by Gasteiger charge is 2.18. The molecule has 0 unspecified atom stereocenters. The molecule has 6 aromatic rings. The van der Waals surface area contributed by atoms with E-state index >= 15 is 0 Å². The largest absolute Gasteiger partial charge is 0.352 e. The SMILES string of the molecule is O=C(CC1CCCCC1)Nc1cncc(-c2ccc3[nH]nc(-c4cc5c(-c6cccc(F)c6)cncc5[nH]4)c3n2)c1. The Balaban J connectivity index is 1.19. The summed E-state index contributed by atoms with van der Waals surface area (Å²) in [6, 6.07) is 14.2. The normalized spacial score (nSPS) is 14.1. The van der Waals surface area contributed by atoms with Gasteiger partial charge in [0.05, 0.1) is 40.5 Å². The van der Waals surface area contributed by atoms with Crippen molar-refractivity contribution in [2.75, 3.05) is 5.32 Å². The van der Waals surface area contributed by atoms with Crippen LogP contribution in [0, 0.1) is 11.7 Å². The smallest absolute Gasteiger partial charge is 0.224 e. The maximum atomic E-state index is 13.9. The Kier molecular flexibility index (Phi) is 6.47. The quantitative estimate of drug-likeness (QED) is 0.204. The fraction of sp³-hybridized carbons (Fsp3) is 0.219. The van der Waals surface area contributed by atoms with Crippen LogP contribution in [0.25, 0.3) is 55.7 Å². The van der Waals surface area contributed by atoms with Crippen LogP contribution in [0.5, 0.6) is 0 Å². The van der Waals surface area contributed by atoms with Crippen molar-refractivity contribution in [3.05, 3.63) is 79.1 Å². The van der Waals surface area contributed by atoms with Crippen LogP contribution in [0.2, 0.25) is 0 Å². The number of pyridine rings is 3. The molecule has 1 saturated carbocycles. The van der Waals surface area contributed by atoms with Crippen LogP contribution in [0.3, 0.4) is 0 Å². The van der Waals surface area contributed by atoms with E-state index in [1.807, 2.05) is 30.3 Å². The molecule has 1 fully saturated rings. The minimum Gasteiger partial charge on any atom is -0.352 e. The molecule has 5 aromatic heterocycles. The third-order valence-electron chi connectivity index (χ3n) is 7.86. The van der Waals surface area contributed by atoms with E-state index in [-0.39, 0.29) is 11.7 Å². The third-order valence-corrected chi connectivity index (χ3v) is 7.86. The number of hydrogen-bond acceptors (Lipinski definition) is 5. The zero-order valence-corrected chi connectivity index (χ0v) is 22.3. The van der Waals surface area contributed by atoms with Crippen LogP contribution in [0.1, 0.15) is 38.5 Å². The molecular weight excluding hydrogens is 517 g/mol. The molecule has 0 radical (unpaired) electrons. The molecule has 0 aliphatic heterocycles. The summed E-state index contributed by atoms with van der Waals surface area (Å²) >= 11 is 0. The second-order valence-electron chi connectivity index (χ2n) is 10.7. The molecule has 1 aromatic carbocycles. The van der Waals surface area contributed by atoms with Gasteiger partial charge < -0.3 is 10.3 Å². The average molecular weight is 546 g/mol. The zero-order chi connectivity index (χ0) is 27.8. The summed E-state index contributed by atoms with van der Waals surface area (Å²) < 4.78 is 13.9. The number of benzene rings is 1. The molecule has 9 heteroatoms. The zero-order valence-electron chi connectivity index (χ0n) is 22.3. The molecule has 5 heterocycles. The Bertz CT molecular complexity index is 1890. The van der Waals surface area contributed by atoms with Gasteiger partial charge in [-0.3, -0.25) is 19.9 Å². The number of fused-ring (bicyclic) bond motifs is 2. The van der Waals surface area contributed by atoms with Crippen LogP contribution < -0.4 is 5.32 Å². The van der Waals surface area contributed by atoms with Crippen LogP contribution in [-0.4, -0.2) is 36.0 Å². The summed E-state index contributed by atoms with van der Waals surface area (Å²) in [5.74, 6) is 0.198. The summed E-state index contributed by atoms with van der Waals surface area (Å²) in [6.45, 7) is 0. The molecule has 204 valence electrons. The lowest BCUT2D eigenvalue weighted by molar-refractivity contribution is -0.117. The number of carbonyl (C=O) groups excluding carboxylic acids is 1. The highest BCUT2D eigenvalue weighted by Crippen LogP contribution is 2.34. The van der Waals surface area contributed by atoms with Gasteiger partial charge in [-0.2, -0.15) is 5.10 Å². The first-order valence-electron chi connectivity index (χ1n) is 13.9. The Morgan fingerprint density at radius 1 is 0.927 bits per heavy atom. The van der Waals surface area contributed by atoms with Crippen molar-refractivity contribution < 1.29 is 9.18 Å². The van der Waals surface area contributed by atoms with Gasteiger partial charge in [-0.1, -0.05) is 31.4 Å². The van der Waals surface area contributed by atoms with Gasteiger partial charge in [0.1, 0.15) is 17.0 Å². The first kappa shape index (κ1) is 25.1. The van der Waals surface area contributed by atoms with E-state index in [2.05, 4.69) is 30.5 Å². The number of hydrogen-bond donors (Lipinski definition) is 3. The fourth-order valence-electron chi connectivity index (χ4n) is 5.83. The number of rotatable bonds is 6. The van der Waals surface area contributed by atoms with Crippen LogP contribution in [0.4, 0.5) is 10.1 Å². The lowest BCUT2D eigenvalue weighted by atomic mass is 9.87. The molecule has 0 saturated heterocycles. The maximum Gasteiger partial charge on any atom is 0.224 e. The van der Waals surface area contributed by atoms with E-state index in [0.717, 1.165) is 51.6 Å². The van der Waals surface area contributed by atoms with Crippen LogP contribution in [0.15, 0.2) is 73.3 Å². The summed E-state index contributed by atoms with van der Waals surface area (Å²) in [5, 5.41) is 11.6. The predicted molar refractivity (Wildman–Crippen MR) is 157 cm³/mol. The number of H-pyrrole nitrogens is 2. The Morgan fingerprint density at radius 2 is 1.80 bits per heavy atom. The van der Waals surface area contributed by atoms with Gasteiger partial charge in [0, 0.05) is 35.3 Å². The molecular formula is C32H28FN7O. The lowest BCUT2D eigenvalue weighted by Gasteiger charge is -2.20. The lowest BCUT2D eigenvalue weighted by Crippen LogP contribution is -2.18. The van der Waals surface area contributed by atoms with Crippen molar-refractivity contribution in [3.8, 4) is 33.8 Å².